The molecule has 1 aromatic carbocycles. The van der Waals surface area contributed by atoms with Crippen LogP contribution in [-0.4, -0.2) is 11.5 Å². The van der Waals surface area contributed by atoms with Gasteiger partial charge in [-0.2, -0.15) is 11.3 Å². The molecule has 0 radical (unpaired) electrons. The number of nitrogens with one attached hydrogen (secondary N) is 1. The summed E-state index contributed by atoms with van der Waals surface area (Å²) in [5, 5.41) is 7.71. The number of para-hydroxylation sites is 1. The van der Waals surface area contributed by atoms with Crippen molar-refractivity contribution in [1.82, 2.24) is 0 Å². The Hall–Kier alpha value is -1.39. The van der Waals surface area contributed by atoms with E-state index >= 15 is 0 Å². The van der Waals surface area contributed by atoms with Crippen molar-refractivity contribution < 1.29 is 0 Å². The van der Waals surface area contributed by atoms with Crippen LogP contribution >= 0.6 is 23.6 Å². The summed E-state index contributed by atoms with van der Waals surface area (Å²) in [5.41, 5.74) is 10.3. The lowest BCUT2D eigenvalue weighted by Crippen LogP contribution is -2.15. The van der Waals surface area contributed by atoms with Gasteiger partial charge >= 0.3 is 0 Å². The predicted octanol–water partition coefficient (Wildman–Crippen LogP) is 3.35. The second-order valence-electron chi connectivity index (χ2n) is 4.17. The molecule has 3 N–H and O–H groups in total. The molecular weight excluding hydrogens is 260 g/mol. The fourth-order valence-corrected chi connectivity index (χ4v) is 2.75. The molecule has 0 atom stereocenters. The zero-order valence-corrected chi connectivity index (χ0v) is 11.9. The average molecular weight is 276 g/mol. The fraction of sp³-hybridized carbons (Fsp3) is 0.214. The normalized spacial score (nSPS) is 10.3. The van der Waals surface area contributed by atoms with Gasteiger partial charge in [0, 0.05) is 17.8 Å². The van der Waals surface area contributed by atoms with Crippen LogP contribution in [0.25, 0.3) is 0 Å². The second-order valence-corrected chi connectivity index (χ2v) is 5.39. The van der Waals surface area contributed by atoms with Gasteiger partial charge < -0.3 is 11.1 Å². The molecule has 1 heterocycles. The van der Waals surface area contributed by atoms with Gasteiger partial charge in [0.05, 0.1) is 0 Å². The number of rotatable bonds is 5. The molecule has 4 heteroatoms. The van der Waals surface area contributed by atoms with Crippen molar-refractivity contribution in [3.63, 3.8) is 0 Å². The molecule has 0 spiro atoms. The largest absolute Gasteiger partial charge is 0.389 e. The molecule has 2 aromatic rings. The number of hydrogen-bond donors (Lipinski definition) is 2. The third kappa shape index (κ3) is 3.09. The van der Waals surface area contributed by atoms with Crippen molar-refractivity contribution in [3.8, 4) is 0 Å². The molecule has 0 aliphatic heterocycles. The average Bonchev–Trinajstić information content (AvgIpc) is 2.84. The molecule has 0 aliphatic rings. The summed E-state index contributed by atoms with van der Waals surface area (Å²) in [7, 11) is 0. The van der Waals surface area contributed by atoms with Crippen LogP contribution in [-0.2, 0) is 6.42 Å². The lowest BCUT2D eigenvalue weighted by Gasteiger charge is -2.13. The third-order valence-electron chi connectivity index (χ3n) is 2.83. The minimum absolute atomic E-state index is 0.441. The number of thiophene rings is 1. The van der Waals surface area contributed by atoms with E-state index in [0.29, 0.717) is 4.99 Å². The SMILES string of the molecule is Cc1cccc(C(N)=S)c1NCCc1ccsc1. The minimum atomic E-state index is 0.441. The number of anilines is 1. The highest BCUT2D eigenvalue weighted by Gasteiger charge is 2.07. The molecule has 0 unspecified atom stereocenters. The van der Waals surface area contributed by atoms with Crippen molar-refractivity contribution in [2.45, 2.75) is 13.3 Å². The first-order valence-corrected chi connectivity index (χ1v) is 7.18. The molecule has 0 saturated carbocycles. The van der Waals surface area contributed by atoms with Gasteiger partial charge in [0.15, 0.2) is 0 Å². The van der Waals surface area contributed by atoms with E-state index < -0.39 is 0 Å². The maximum absolute atomic E-state index is 5.74. The lowest BCUT2D eigenvalue weighted by molar-refractivity contribution is 1.02. The van der Waals surface area contributed by atoms with Crippen LogP contribution in [0, 0.1) is 6.92 Å². The standard InChI is InChI=1S/C14H16N2S2/c1-10-3-2-4-12(14(15)17)13(10)16-7-5-11-6-8-18-9-11/h2-4,6,8-9,16H,5,7H2,1H3,(H2,15,17). The molecule has 94 valence electrons. The van der Waals surface area contributed by atoms with Crippen molar-refractivity contribution in [2.75, 3.05) is 11.9 Å². The highest BCUT2D eigenvalue weighted by Crippen LogP contribution is 2.20. The molecular formula is C14H16N2S2. The second kappa shape index (κ2) is 5.98. The van der Waals surface area contributed by atoms with Crippen LogP contribution in [0.2, 0.25) is 0 Å². The Morgan fingerprint density at radius 1 is 1.39 bits per heavy atom. The van der Waals surface area contributed by atoms with Gasteiger partial charge in [-0.25, -0.2) is 0 Å². The fourth-order valence-electron chi connectivity index (χ4n) is 1.87. The number of hydrogen-bond acceptors (Lipinski definition) is 3. The Kier molecular flexibility index (Phi) is 4.33. The van der Waals surface area contributed by atoms with Crippen LogP contribution in [0.4, 0.5) is 5.69 Å². The van der Waals surface area contributed by atoms with Gasteiger partial charge in [-0.3, -0.25) is 0 Å². The maximum atomic E-state index is 5.74. The van der Waals surface area contributed by atoms with E-state index in [1.165, 1.54) is 11.1 Å². The quantitative estimate of drug-likeness (QED) is 0.823. The third-order valence-corrected chi connectivity index (χ3v) is 3.79. The summed E-state index contributed by atoms with van der Waals surface area (Å²) in [6, 6.07) is 8.16. The number of thiocarbonyl (C=S) groups is 1. The topological polar surface area (TPSA) is 38.0 Å². The number of aryl methyl sites for hydroxylation is 1. The summed E-state index contributed by atoms with van der Waals surface area (Å²) < 4.78 is 0. The summed E-state index contributed by atoms with van der Waals surface area (Å²) in [5.74, 6) is 0. The van der Waals surface area contributed by atoms with E-state index in [9.17, 15) is 0 Å². The van der Waals surface area contributed by atoms with Gasteiger partial charge in [-0.05, 0) is 47.4 Å². The van der Waals surface area contributed by atoms with Crippen molar-refractivity contribution in [1.29, 1.82) is 0 Å². The van der Waals surface area contributed by atoms with Gasteiger partial charge in [0.2, 0.25) is 0 Å². The summed E-state index contributed by atoms with van der Waals surface area (Å²) in [6.07, 6.45) is 1.01. The van der Waals surface area contributed by atoms with Gasteiger partial charge in [-0.1, -0.05) is 24.4 Å². The minimum Gasteiger partial charge on any atom is -0.389 e. The van der Waals surface area contributed by atoms with E-state index in [4.69, 9.17) is 18.0 Å². The van der Waals surface area contributed by atoms with Crippen molar-refractivity contribution >= 4 is 34.2 Å². The summed E-state index contributed by atoms with van der Waals surface area (Å²) in [4.78, 5) is 0.441. The van der Waals surface area contributed by atoms with Gasteiger partial charge in [-0.15, -0.1) is 0 Å². The summed E-state index contributed by atoms with van der Waals surface area (Å²) in [6.45, 7) is 2.95. The number of nitrogens with two attached hydrogens (primary N) is 1. The first-order chi connectivity index (χ1) is 8.68. The van der Waals surface area contributed by atoms with Gasteiger partial charge in [0.25, 0.3) is 0 Å². The van der Waals surface area contributed by atoms with Crippen LogP contribution in [0.5, 0.6) is 0 Å². The Labute approximate surface area is 117 Å². The smallest absolute Gasteiger partial charge is 0.106 e. The number of benzene rings is 1. The van der Waals surface area contributed by atoms with E-state index in [-0.39, 0.29) is 0 Å². The zero-order valence-electron chi connectivity index (χ0n) is 10.3. The first kappa shape index (κ1) is 13.1. The monoisotopic (exact) mass is 276 g/mol. The molecule has 0 saturated heterocycles. The Morgan fingerprint density at radius 3 is 2.89 bits per heavy atom. The molecule has 1 aromatic heterocycles. The van der Waals surface area contributed by atoms with Crippen LogP contribution in [0.1, 0.15) is 16.7 Å². The van der Waals surface area contributed by atoms with Crippen LogP contribution in [0.15, 0.2) is 35.0 Å². The maximum Gasteiger partial charge on any atom is 0.106 e. The van der Waals surface area contributed by atoms with E-state index in [1.807, 2.05) is 12.1 Å². The Morgan fingerprint density at radius 2 is 2.22 bits per heavy atom. The van der Waals surface area contributed by atoms with Crippen LogP contribution < -0.4 is 11.1 Å². The predicted molar refractivity (Wildman–Crippen MR) is 83.6 cm³/mol. The van der Waals surface area contributed by atoms with Gasteiger partial charge in [0.1, 0.15) is 4.99 Å². The van der Waals surface area contributed by atoms with Crippen molar-refractivity contribution in [3.05, 3.63) is 51.7 Å². The van der Waals surface area contributed by atoms with E-state index in [2.05, 4.69) is 35.1 Å². The zero-order chi connectivity index (χ0) is 13.0. The molecule has 18 heavy (non-hydrogen) atoms. The molecule has 0 fully saturated rings. The highest BCUT2D eigenvalue weighted by molar-refractivity contribution is 7.80. The molecule has 2 rings (SSSR count). The van der Waals surface area contributed by atoms with Crippen molar-refractivity contribution in [2.24, 2.45) is 5.73 Å². The Balaban J connectivity index is 2.06. The molecule has 0 amide bonds. The first-order valence-electron chi connectivity index (χ1n) is 5.83. The van der Waals surface area contributed by atoms with E-state index in [0.717, 1.165) is 24.2 Å². The summed E-state index contributed by atoms with van der Waals surface area (Å²) >= 11 is 6.81. The molecule has 0 bridgehead atoms. The molecule has 0 aliphatic carbocycles. The van der Waals surface area contributed by atoms with E-state index in [1.54, 1.807) is 11.3 Å². The Bertz CT molecular complexity index is 533. The molecule has 2 nitrogen and oxygen atoms in total. The lowest BCUT2D eigenvalue weighted by atomic mass is 10.1. The highest BCUT2D eigenvalue weighted by atomic mass is 32.1. The van der Waals surface area contributed by atoms with Crippen LogP contribution in [0.3, 0.4) is 0 Å².